The van der Waals surface area contributed by atoms with Crippen molar-refractivity contribution in [1.82, 2.24) is 14.9 Å². The van der Waals surface area contributed by atoms with Crippen LogP contribution in [0.5, 0.6) is 0 Å². The number of aromatic nitrogens is 2. The van der Waals surface area contributed by atoms with Crippen LogP contribution in [0.2, 0.25) is 0 Å². The predicted octanol–water partition coefficient (Wildman–Crippen LogP) is 3.83. The van der Waals surface area contributed by atoms with Gasteiger partial charge in [0, 0.05) is 6.54 Å². The van der Waals surface area contributed by atoms with E-state index in [0.29, 0.717) is 6.20 Å². The summed E-state index contributed by atoms with van der Waals surface area (Å²) in [4.78, 5) is 20.4. The minimum atomic E-state index is -4.64. The monoisotopic (exact) mass is 426 g/mol. The first kappa shape index (κ1) is 23.0. The van der Waals surface area contributed by atoms with Crippen LogP contribution in [0.3, 0.4) is 0 Å². The van der Waals surface area contributed by atoms with Gasteiger partial charge < -0.3 is 14.8 Å². The minimum absolute atomic E-state index is 0.0293. The molecular weight excluding hydrogens is 403 g/mol. The zero-order chi connectivity index (χ0) is 22.2. The standard InChI is InChI=1S/C17H23F5N4O3/c1-9-13(24-7-12(25-9)17(20,21)22)23-6-11-10(2)28-16(18,19)8-26(11)14(27)29-15(3,4)5/h7,10-11H,6,8H2,1-5H3,(H,23,24)/t10-,11+/m0/s1. The second-order valence-corrected chi connectivity index (χ2v) is 7.70. The van der Waals surface area contributed by atoms with Gasteiger partial charge in [0.15, 0.2) is 5.69 Å². The highest BCUT2D eigenvalue weighted by Gasteiger charge is 2.48. The molecule has 1 fully saturated rings. The number of hydrogen-bond acceptors (Lipinski definition) is 6. The van der Waals surface area contributed by atoms with Gasteiger partial charge in [-0.25, -0.2) is 14.8 Å². The second-order valence-electron chi connectivity index (χ2n) is 7.70. The van der Waals surface area contributed by atoms with E-state index in [1.54, 1.807) is 20.8 Å². The Balaban J connectivity index is 2.18. The van der Waals surface area contributed by atoms with E-state index in [0.717, 1.165) is 4.90 Å². The van der Waals surface area contributed by atoms with Crippen LogP contribution in [0.25, 0.3) is 0 Å². The number of halogens is 5. The molecule has 1 aromatic heterocycles. The Labute approximate surface area is 164 Å². The van der Waals surface area contributed by atoms with E-state index in [1.807, 2.05) is 0 Å². The number of carbonyl (C=O) groups excluding carboxylic acids is 1. The molecule has 0 unspecified atom stereocenters. The molecule has 1 aliphatic rings. The summed E-state index contributed by atoms with van der Waals surface area (Å²) in [7, 11) is 0. The summed E-state index contributed by atoms with van der Waals surface area (Å²) >= 11 is 0. The largest absolute Gasteiger partial charge is 0.444 e. The van der Waals surface area contributed by atoms with E-state index < -0.39 is 48.4 Å². The Bertz CT molecular complexity index is 752. The quantitative estimate of drug-likeness (QED) is 0.741. The van der Waals surface area contributed by atoms with Crippen molar-refractivity contribution in [2.45, 2.75) is 64.7 Å². The fourth-order valence-corrected chi connectivity index (χ4v) is 2.75. The van der Waals surface area contributed by atoms with Gasteiger partial charge in [-0.1, -0.05) is 0 Å². The van der Waals surface area contributed by atoms with Crippen LogP contribution in [-0.4, -0.2) is 57.9 Å². The van der Waals surface area contributed by atoms with Crippen molar-refractivity contribution in [2.24, 2.45) is 0 Å². The molecule has 1 saturated heterocycles. The summed E-state index contributed by atoms with van der Waals surface area (Å²) in [6.45, 7) is 6.35. The summed E-state index contributed by atoms with van der Waals surface area (Å²) in [6, 6.07) is -0.882. The molecule has 2 heterocycles. The van der Waals surface area contributed by atoms with Crippen molar-refractivity contribution < 1.29 is 36.2 Å². The minimum Gasteiger partial charge on any atom is -0.444 e. The molecule has 1 aliphatic heterocycles. The van der Waals surface area contributed by atoms with Gasteiger partial charge in [-0.15, -0.1) is 0 Å². The van der Waals surface area contributed by atoms with E-state index in [1.165, 1.54) is 13.8 Å². The number of ether oxygens (including phenoxy) is 2. The number of aryl methyl sites for hydroxylation is 1. The van der Waals surface area contributed by atoms with Crippen LogP contribution in [0.1, 0.15) is 39.1 Å². The average Bonchev–Trinajstić information content (AvgIpc) is 2.51. The summed E-state index contributed by atoms with van der Waals surface area (Å²) in [5.41, 5.74) is -2.08. The zero-order valence-electron chi connectivity index (χ0n) is 16.6. The lowest BCUT2D eigenvalue weighted by Gasteiger charge is -2.43. The van der Waals surface area contributed by atoms with Gasteiger partial charge in [0.25, 0.3) is 0 Å². The SMILES string of the molecule is Cc1nc(C(F)(F)F)cnc1NC[C@@H]1[C@H](C)OC(F)(F)CN1C(=O)OC(C)(C)C. The Morgan fingerprint density at radius 2 is 2.00 bits per heavy atom. The first-order valence-electron chi connectivity index (χ1n) is 8.79. The maximum Gasteiger partial charge on any atom is 0.434 e. The molecule has 2 rings (SSSR count). The van der Waals surface area contributed by atoms with Crippen LogP contribution in [0.15, 0.2) is 6.20 Å². The Hall–Kier alpha value is -2.24. The molecule has 1 amide bonds. The van der Waals surface area contributed by atoms with Gasteiger partial charge in [0.05, 0.1) is 24.0 Å². The number of nitrogens with zero attached hydrogens (tertiary/aromatic N) is 3. The van der Waals surface area contributed by atoms with E-state index in [4.69, 9.17) is 4.74 Å². The Morgan fingerprint density at radius 1 is 1.38 bits per heavy atom. The lowest BCUT2D eigenvalue weighted by atomic mass is 10.1. The molecule has 1 aromatic rings. The molecule has 164 valence electrons. The molecule has 0 radical (unpaired) electrons. The van der Waals surface area contributed by atoms with E-state index >= 15 is 0 Å². The van der Waals surface area contributed by atoms with Crippen molar-refractivity contribution in [3.63, 3.8) is 0 Å². The third-order valence-electron chi connectivity index (χ3n) is 4.00. The van der Waals surface area contributed by atoms with Gasteiger partial charge in [-0.05, 0) is 34.6 Å². The lowest BCUT2D eigenvalue weighted by Crippen LogP contribution is -2.61. The number of nitrogens with one attached hydrogen (secondary N) is 1. The highest BCUT2D eigenvalue weighted by Crippen LogP contribution is 2.31. The molecule has 0 aromatic carbocycles. The van der Waals surface area contributed by atoms with Gasteiger partial charge in [-0.2, -0.15) is 22.0 Å². The summed E-state index contributed by atoms with van der Waals surface area (Å²) in [5.74, 6) is 0.0340. The zero-order valence-corrected chi connectivity index (χ0v) is 16.6. The highest BCUT2D eigenvalue weighted by atomic mass is 19.4. The molecule has 7 nitrogen and oxygen atoms in total. The van der Waals surface area contributed by atoms with Crippen molar-refractivity contribution >= 4 is 11.9 Å². The van der Waals surface area contributed by atoms with Gasteiger partial charge in [-0.3, -0.25) is 4.90 Å². The van der Waals surface area contributed by atoms with E-state index in [9.17, 15) is 26.7 Å². The van der Waals surface area contributed by atoms with Crippen LogP contribution >= 0.6 is 0 Å². The average molecular weight is 426 g/mol. The van der Waals surface area contributed by atoms with Gasteiger partial charge >= 0.3 is 18.4 Å². The van der Waals surface area contributed by atoms with Crippen molar-refractivity contribution in [3.8, 4) is 0 Å². The summed E-state index contributed by atoms with van der Waals surface area (Å²) < 4.78 is 75.7. The second kappa shape index (κ2) is 7.88. The fourth-order valence-electron chi connectivity index (χ4n) is 2.75. The van der Waals surface area contributed by atoms with Crippen molar-refractivity contribution in [3.05, 3.63) is 17.6 Å². The number of alkyl halides is 5. The van der Waals surface area contributed by atoms with E-state index in [2.05, 4.69) is 20.0 Å². The molecule has 2 atom stereocenters. The molecule has 0 bridgehead atoms. The third kappa shape index (κ3) is 6.12. The van der Waals surface area contributed by atoms with E-state index in [-0.39, 0.29) is 18.1 Å². The normalized spacial score (nSPS) is 22.3. The lowest BCUT2D eigenvalue weighted by molar-refractivity contribution is -0.300. The first-order valence-corrected chi connectivity index (χ1v) is 8.79. The molecule has 0 aliphatic carbocycles. The Morgan fingerprint density at radius 3 is 2.52 bits per heavy atom. The smallest absolute Gasteiger partial charge is 0.434 e. The van der Waals surface area contributed by atoms with Crippen LogP contribution in [-0.2, 0) is 15.7 Å². The number of morpholine rings is 1. The maximum atomic E-state index is 13.8. The Kier molecular flexibility index (Phi) is 6.26. The highest BCUT2D eigenvalue weighted by molar-refractivity contribution is 5.69. The van der Waals surface area contributed by atoms with Crippen LogP contribution in [0, 0.1) is 6.92 Å². The molecular formula is C17H23F5N4O3. The topological polar surface area (TPSA) is 76.6 Å². The number of amides is 1. The van der Waals surface area contributed by atoms with Crippen molar-refractivity contribution in [1.29, 1.82) is 0 Å². The molecule has 0 saturated carbocycles. The summed E-state index contributed by atoms with van der Waals surface area (Å²) in [5, 5.41) is 2.75. The van der Waals surface area contributed by atoms with Crippen LogP contribution in [0.4, 0.5) is 32.6 Å². The summed E-state index contributed by atoms with van der Waals surface area (Å²) in [6.07, 6.45) is -9.66. The first-order chi connectivity index (χ1) is 13.1. The number of rotatable bonds is 3. The predicted molar refractivity (Wildman–Crippen MR) is 92.5 cm³/mol. The molecule has 29 heavy (non-hydrogen) atoms. The molecule has 1 N–H and O–H groups in total. The molecule has 0 spiro atoms. The number of anilines is 1. The molecule has 12 heteroatoms. The third-order valence-corrected chi connectivity index (χ3v) is 4.00. The number of carbonyl (C=O) groups is 1. The number of hydrogen-bond donors (Lipinski definition) is 1. The van der Waals surface area contributed by atoms with Gasteiger partial charge in [0.2, 0.25) is 0 Å². The fraction of sp³-hybridized carbons (Fsp3) is 0.706. The maximum absolute atomic E-state index is 13.8. The van der Waals surface area contributed by atoms with Crippen molar-refractivity contribution in [2.75, 3.05) is 18.4 Å². The van der Waals surface area contributed by atoms with Crippen LogP contribution < -0.4 is 5.32 Å². The van der Waals surface area contributed by atoms with Gasteiger partial charge in [0.1, 0.15) is 18.0 Å².